The van der Waals surface area contributed by atoms with Gasteiger partial charge in [-0.15, -0.1) is 0 Å². The molecule has 1 saturated carbocycles. The Bertz CT molecular complexity index is 185. The molecule has 0 radical (unpaired) electrons. The van der Waals surface area contributed by atoms with Crippen LogP contribution in [0.4, 0.5) is 0 Å². The molecule has 11 heavy (non-hydrogen) atoms. The van der Waals surface area contributed by atoms with Gasteiger partial charge in [0, 0.05) is 5.54 Å². The molecule has 4 heteroatoms. The summed E-state index contributed by atoms with van der Waals surface area (Å²) in [6, 6.07) is 0. The number of carbonyl (C=O) groups excluding carboxylic acids is 1. The summed E-state index contributed by atoms with van der Waals surface area (Å²) in [4.78, 5) is 10.9. The van der Waals surface area contributed by atoms with Crippen LogP contribution in [0.15, 0.2) is 10.6 Å². The van der Waals surface area contributed by atoms with Crippen molar-refractivity contribution in [1.82, 2.24) is 0 Å². The summed E-state index contributed by atoms with van der Waals surface area (Å²) in [5.41, 5.74) is 1.20. The van der Waals surface area contributed by atoms with Crippen LogP contribution >= 0.6 is 23.2 Å². The molecule has 0 aromatic heterocycles. The Morgan fingerprint density at radius 1 is 1.64 bits per heavy atom. The number of rotatable bonds is 3. The minimum atomic E-state index is -0.165. The minimum Gasteiger partial charge on any atom is -0.460 e. The van der Waals surface area contributed by atoms with E-state index in [1.165, 1.54) is 5.54 Å². The molecule has 0 N–H and O–H groups in total. The fourth-order valence-corrected chi connectivity index (χ4v) is 0.726. The van der Waals surface area contributed by atoms with Gasteiger partial charge in [-0.05, 0) is 12.8 Å². The second-order valence-electron chi connectivity index (χ2n) is 2.44. The number of hydrogen-bond acceptors (Lipinski definition) is 2. The van der Waals surface area contributed by atoms with Crippen molar-refractivity contribution in [3.63, 3.8) is 0 Å². The van der Waals surface area contributed by atoms with E-state index < -0.39 is 0 Å². The van der Waals surface area contributed by atoms with E-state index in [0.717, 1.165) is 12.8 Å². The fraction of sp³-hybridized carbons (Fsp3) is 0.571. The molecule has 0 bridgehead atoms. The van der Waals surface area contributed by atoms with Gasteiger partial charge in [-0.2, -0.15) is 0 Å². The summed E-state index contributed by atoms with van der Waals surface area (Å²) in [6.07, 6.45) is 1.89. The predicted octanol–water partition coefficient (Wildman–Crippen LogP) is 2.26. The molecule has 1 fully saturated rings. The van der Waals surface area contributed by atoms with E-state index in [1.807, 2.05) is 0 Å². The summed E-state index contributed by atoms with van der Waals surface area (Å²) < 4.78 is 4.80. The number of carbonyl (C=O) groups is 1. The highest BCUT2D eigenvalue weighted by Gasteiger charge is 2.31. The summed E-state index contributed by atoms with van der Waals surface area (Å²) in [7, 11) is 0. The lowest BCUT2D eigenvalue weighted by Crippen LogP contribution is -2.07. The molecule has 62 valence electrons. The lowest BCUT2D eigenvalue weighted by molar-refractivity contribution is -0.144. The standard InChI is InChI=1S/C7H8Cl2O2/c8-3-6(9)4-11-7(10)5-1-2-5/h3,5H,1-2,4H2/b6-3+. The van der Waals surface area contributed by atoms with Gasteiger partial charge in [0.05, 0.1) is 11.0 Å². The van der Waals surface area contributed by atoms with Gasteiger partial charge >= 0.3 is 5.97 Å². The molecule has 0 amide bonds. The molecule has 0 aromatic carbocycles. The van der Waals surface area contributed by atoms with Crippen molar-refractivity contribution in [1.29, 1.82) is 0 Å². The first-order chi connectivity index (χ1) is 5.24. The molecule has 0 aliphatic heterocycles. The third kappa shape index (κ3) is 3.12. The number of hydrogen-bond donors (Lipinski definition) is 0. The topological polar surface area (TPSA) is 26.3 Å². The summed E-state index contributed by atoms with van der Waals surface area (Å²) in [5, 5.41) is 0.348. The van der Waals surface area contributed by atoms with E-state index in [-0.39, 0.29) is 18.5 Å². The third-order valence-corrected chi connectivity index (χ3v) is 1.97. The predicted molar refractivity (Wildman–Crippen MR) is 43.5 cm³/mol. The third-order valence-electron chi connectivity index (χ3n) is 1.38. The molecular formula is C7H8Cl2O2. The molecule has 0 spiro atoms. The lowest BCUT2D eigenvalue weighted by atomic mass is 10.4. The van der Waals surface area contributed by atoms with Gasteiger partial charge in [-0.25, -0.2) is 0 Å². The molecular weight excluding hydrogens is 187 g/mol. The number of halogens is 2. The smallest absolute Gasteiger partial charge is 0.309 e. The van der Waals surface area contributed by atoms with Crippen LogP contribution in [0.3, 0.4) is 0 Å². The SMILES string of the molecule is O=C(OC/C(Cl)=C\Cl)C1CC1. The fourth-order valence-electron chi connectivity index (χ4n) is 0.608. The first-order valence-electron chi connectivity index (χ1n) is 3.35. The first kappa shape index (κ1) is 8.88. The van der Waals surface area contributed by atoms with E-state index in [0.29, 0.717) is 5.03 Å². The zero-order valence-corrected chi connectivity index (χ0v) is 7.36. The Hall–Kier alpha value is -0.210. The highest BCUT2D eigenvalue weighted by atomic mass is 35.5. The molecule has 0 heterocycles. The van der Waals surface area contributed by atoms with E-state index in [1.54, 1.807) is 0 Å². The maximum atomic E-state index is 10.9. The van der Waals surface area contributed by atoms with Gasteiger partial charge < -0.3 is 4.74 Å². The largest absolute Gasteiger partial charge is 0.460 e. The quantitative estimate of drug-likeness (QED) is 0.645. The Labute approximate surface area is 75.1 Å². The van der Waals surface area contributed by atoms with Crippen LogP contribution in [0.25, 0.3) is 0 Å². The Morgan fingerprint density at radius 2 is 2.27 bits per heavy atom. The second kappa shape index (κ2) is 3.98. The van der Waals surface area contributed by atoms with Crippen molar-refractivity contribution in [2.24, 2.45) is 5.92 Å². The maximum absolute atomic E-state index is 10.9. The number of ether oxygens (including phenoxy) is 1. The molecule has 1 aliphatic rings. The van der Waals surface area contributed by atoms with Crippen molar-refractivity contribution < 1.29 is 9.53 Å². The highest BCUT2D eigenvalue weighted by Crippen LogP contribution is 2.30. The Morgan fingerprint density at radius 3 is 2.73 bits per heavy atom. The van der Waals surface area contributed by atoms with Gasteiger partial charge in [-0.3, -0.25) is 4.79 Å². The molecule has 0 aromatic rings. The van der Waals surface area contributed by atoms with Gasteiger partial charge in [0.25, 0.3) is 0 Å². The van der Waals surface area contributed by atoms with Gasteiger partial charge in [-0.1, -0.05) is 23.2 Å². The van der Waals surface area contributed by atoms with Crippen LogP contribution < -0.4 is 0 Å². The van der Waals surface area contributed by atoms with E-state index in [9.17, 15) is 4.79 Å². The minimum absolute atomic E-state index is 0.0976. The molecule has 0 unspecified atom stereocenters. The van der Waals surface area contributed by atoms with Crippen molar-refractivity contribution >= 4 is 29.2 Å². The summed E-state index contributed by atoms with van der Waals surface area (Å²) in [5.74, 6) is -0.0449. The van der Waals surface area contributed by atoms with Crippen molar-refractivity contribution in [3.8, 4) is 0 Å². The molecule has 0 atom stereocenters. The summed E-state index contributed by atoms with van der Waals surface area (Å²) >= 11 is 10.7. The average molecular weight is 195 g/mol. The van der Waals surface area contributed by atoms with Crippen LogP contribution in [-0.2, 0) is 9.53 Å². The molecule has 0 saturated heterocycles. The normalized spacial score (nSPS) is 18.2. The highest BCUT2D eigenvalue weighted by molar-refractivity contribution is 6.36. The maximum Gasteiger partial charge on any atom is 0.309 e. The van der Waals surface area contributed by atoms with Gasteiger partial charge in [0.15, 0.2) is 0 Å². The average Bonchev–Trinajstić information content (AvgIpc) is 2.81. The van der Waals surface area contributed by atoms with Crippen LogP contribution in [0, 0.1) is 5.92 Å². The van der Waals surface area contributed by atoms with Crippen LogP contribution in [0.5, 0.6) is 0 Å². The Kier molecular flexibility index (Phi) is 3.21. The molecule has 1 aliphatic carbocycles. The van der Waals surface area contributed by atoms with E-state index in [4.69, 9.17) is 27.9 Å². The first-order valence-corrected chi connectivity index (χ1v) is 4.17. The van der Waals surface area contributed by atoms with Crippen LogP contribution in [-0.4, -0.2) is 12.6 Å². The lowest BCUT2D eigenvalue weighted by Gasteiger charge is -2.00. The van der Waals surface area contributed by atoms with Crippen LogP contribution in [0.1, 0.15) is 12.8 Å². The Balaban J connectivity index is 2.15. The van der Waals surface area contributed by atoms with Crippen molar-refractivity contribution in [2.75, 3.05) is 6.61 Å². The van der Waals surface area contributed by atoms with E-state index in [2.05, 4.69) is 0 Å². The van der Waals surface area contributed by atoms with Crippen molar-refractivity contribution in [2.45, 2.75) is 12.8 Å². The molecule has 1 rings (SSSR count). The monoisotopic (exact) mass is 194 g/mol. The number of esters is 1. The van der Waals surface area contributed by atoms with Gasteiger partial charge in [0.2, 0.25) is 0 Å². The zero-order valence-electron chi connectivity index (χ0n) is 5.85. The second-order valence-corrected chi connectivity index (χ2v) is 3.14. The summed E-state index contributed by atoms with van der Waals surface area (Å²) in [6.45, 7) is 0.0976. The van der Waals surface area contributed by atoms with Gasteiger partial charge in [0.1, 0.15) is 6.61 Å². The molecule has 2 nitrogen and oxygen atoms in total. The zero-order chi connectivity index (χ0) is 8.27. The van der Waals surface area contributed by atoms with Crippen LogP contribution in [0.2, 0.25) is 0 Å². The van der Waals surface area contributed by atoms with Crippen molar-refractivity contribution in [3.05, 3.63) is 10.6 Å². The van der Waals surface area contributed by atoms with E-state index >= 15 is 0 Å².